The first-order valence-electron chi connectivity index (χ1n) is 6.40. The maximum Gasteiger partial charge on any atom is 0.351 e. The van der Waals surface area contributed by atoms with Crippen molar-refractivity contribution in [2.45, 2.75) is 38.7 Å². The molecule has 1 saturated heterocycles. The van der Waals surface area contributed by atoms with Gasteiger partial charge in [-0.1, -0.05) is 5.16 Å². The fourth-order valence-corrected chi connectivity index (χ4v) is 1.98. The molecule has 0 aromatic carbocycles. The van der Waals surface area contributed by atoms with Crippen molar-refractivity contribution in [3.05, 3.63) is 22.5 Å². The highest BCUT2D eigenvalue weighted by Gasteiger charge is 2.38. The second-order valence-corrected chi connectivity index (χ2v) is 4.89. The zero-order valence-corrected chi connectivity index (χ0v) is 11.7. The summed E-state index contributed by atoms with van der Waals surface area (Å²) >= 11 is 0. The molecule has 1 aromatic rings. The van der Waals surface area contributed by atoms with Crippen LogP contribution in [-0.2, 0) is 9.57 Å². The minimum Gasteiger partial charge on any atom is -0.394 e. The van der Waals surface area contributed by atoms with E-state index in [9.17, 15) is 14.3 Å². The molecular formula is C12H17FN4O4. The fraction of sp³-hybridized carbons (Fsp3) is 0.583. The quantitative estimate of drug-likeness (QED) is 0.599. The van der Waals surface area contributed by atoms with Crippen LogP contribution in [0.2, 0.25) is 0 Å². The third-order valence-corrected chi connectivity index (χ3v) is 2.98. The summed E-state index contributed by atoms with van der Waals surface area (Å²) in [5, 5.41) is 13.1. The SMILES string of the molecule is CC(C)=NOC1C[C@H](n2cc(F)c(N)nc2=O)O[C@@H]1CO. The number of aromatic nitrogens is 2. The maximum atomic E-state index is 13.4. The molecule has 0 bridgehead atoms. The van der Waals surface area contributed by atoms with E-state index in [4.69, 9.17) is 15.3 Å². The summed E-state index contributed by atoms with van der Waals surface area (Å²) in [6.07, 6.45) is -0.837. The summed E-state index contributed by atoms with van der Waals surface area (Å²) in [7, 11) is 0. The Labute approximate surface area is 120 Å². The fourth-order valence-electron chi connectivity index (χ4n) is 1.98. The Balaban J connectivity index is 2.21. The minimum absolute atomic E-state index is 0.229. The van der Waals surface area contributed by atoms with Crippen molar-refractivity contribution >= 4 is 11.5 Å². The van der Waals surface area contributed by atoms with Crippen LogP contribution in [0, 0.1) is 5.82 Å². The first-order chi connectivity index (χ1) is 9.92. The normalized spacial score (nSPS) is 24.9. The van der Waals surface area contributed by atoms with Gasteiger partial charge < -0.3 is 20.4 Å². The van der Waals surface area contributed by atoms with Gasteiger partial charge in [-0.25, -0.2) is 9.18 Å². The van der Waals surface area contributed by atoms with Gasteiger partial charge in [-0.05, 0) is 13.8 Å². The van der Waals surface area contributed by atoms with Crippen molar-refractivity contribution < 1.29 is 19.1 Å². The zero-order valence-electron chi connectivity index (χ0n) is 11.7. The number of nitrogens with zero attached hydrogens (tertiary/aromatic N) is 3. The first-order valence-corrected chi connectivity index (χ1v) is 6.40. The lowest BCUT2D eigenvalue weighted by molar-refractivity contribution is -0.0617. The molecule has 1 fully saturated rings. The zero-order chi connectivity index (χ0) is 15.6. The Bertz CT molecular complexity index is 599. The highest BCUT2D eigenvalue weighted by atomic mass is 19.1. The lowest BCUT2D eigenvalue weighted by atomic mass is 10.2. The molecule has 3 atom stereocenters. The van der Waals surface area contributed by atoms with E-state index in [1.165, 1.54) is 0 Å². The number of rotatable bonds is 4. The molecule has 1 unspecified atom stereocenters. The Morgan fingerprint density at radius 3 is 3.05 bits per heavy atom. The van der Waals surface area contributed by atoms with Crippen molar-refractivity contribution in [3.63, 3.8) is 0 Å². The number of hydrogen-bond donors (Lipinski definition) is 2. The van der Waals surface area contributed by atoms with E-state index in [2.05, 4.69) is 10.1 Å². The van der Waals surface area contributed by atoms with Crippen LogP contribution in [0.15, 0.2) is 16.1 Å². The lowest BCUT2D eigenvalue weighted by Gasteiger charge is -2.14. The number of aliphatic hydroxyl groups excluding tert-OH is 1. The third-order valence-electron chi connectivity index (χ3n) is 2.98. The lowest BCUT2D eigenvalue weighted by Crippen LogP contribution is -2.29. The number of aliphatic hydroxyl groups is 1. The van der Waals surface area contributed by atoms with Crippen LogP contribution in [0.3, 0.4) is 0 Å². The van der Waals surface area contributed by atoms with Gasteiger partial charge >= 0.3 is 5.69 Å². The Morgan fingerprint density at radius 2 is 2.43 bits per heavy atom. The number of halogens is 1. The van der Waals surface area contributed by atoms with Crippen molar-refractivity contribution in [1.82, 2.24) is 9.55 Å². The summed E-state index contributed by atoms with van der Waals surface area (Å²) in [5.41, 5.74) is 5.20. The molecule has 9 heteroatoms. The number of anilines is 1. The molecule has 0 amide bonds. The Kier molecular flexibility index (Phi) is 4.53. The highest BCUT2D eigenvalue weighted by molar-refractivity contribution is 5.78. The van der Waals surface area contributed by atoms with Crippen LogP contribution in [0.25, 0.3) is 0 Å². The standard InChI is InChI=1S/C12H17FN4O4/c1-6(2)16-21-8-3-10(20-9(8)5-18)17-4-7(13)11(14)15-12(17)19/h4,8-10,18H,3,5H2,1-2H3,(H2,14,15,19)/t8?,9-,10-/m1/s1. The van der Waals surface area contributed by atoms with Crippen LogP contribution in [0.1, 0.15) is 26.5 Å². The van der Waals surface area contributed by atoms with Crippen LogP contribution in [0.4, 0.5) is 10.2 Å². The van der Waals surface area contributed by atoms with Gasteiger partial charge in [0.15, 0.2) is 17.7 Å². The van der Waals surface area contributed by atoms with Gasteiger partial charge in [0.25, 0.3) is 0 Å². The molecule has 2 heterocycles. The second-order valence-electron chi connectivity index (χ2n) is 4.89. The molecule has 1 aliphatic heterocycles. The molecule has 21 heavy (non-hydrogen) atoms. The maximum absolute atomic E-state index is 13.4. The predicted octanol–water partition coefficient (Wildman–Crippen LogP) is 0.0254. The average Bonchev–Trinajstić information content (AvgIpc) is 2.83. The Morgan fingerprint density at radius 1 is 1.71 bits per heavy atom. The summed E-state index contributed by atoms with van der Waals surface area (Å²) in [5.74, 6) is -1.28. The molecule has 0 aliphatic carbocycles. The topological polar surface area (TPSA) is 112 Å². The summed E-state index contributed by atoms with van der Waals surface area (Å²) in [6, 6.07) is 0. The minimum atomic E-state index is -0.814. The van der Waals surface area contributed by atoms with Crippen molar-refractivity contribution in [1.29, 1.82) is 0 Å². The number of hydrogen-bond acceptors (Lipinski definition) is 7. The smallest absolute Gasteiger partial charge is 0.351 e. The van der Waals surface area contributed by atoms with Gasteiger partial charge in [-0.2, -0.15) is 4.98 Å². The van der Waals surface area contributed by atoms with E-state index >= 15 is 0 Å². The monoisotopic (exact) mass is 300 g/mol. The van der Waals surface area contributed by atoms with Gasteiger partial charge in [0.05, 0.1) is 18.5 Å². The van der Waals surface area contributed by atoms with E-state index in [1.54, 1.807) is 13.8 Å². The van der Waals surface area contributed by atoms with Crippen molar-refractivity contribution in [2.24, 2.45) is 5.16 Å². The molecule has 1 aliphatic rings. The number of ether oxygens (including phenoxy) is 1. The van der Waals surface area contributed by atoms with E-state index < -0.39 is 35.8 Å². The largest absolute Gasteiger partial charge is 0.394 e. The molecule has 3 N–H and O–H groups in total. The third kappa shape index (κ3) is 3.37. The molecule has 116 valence electrons. The van der Waals surface area contributed by atoms with Gasteiger partial charge in [0, 0.05) is 6.42 Å². The van der Waals surface area contributed by atoms with Gasteiger partial charge in [0.2, 0.25) is 0 Å². The number of nitrogens with two attached hydrogens (primary N) is 1. The van der Waals surface area contributed by atoms with E-state index in [1.807, 2.05) is 0 Å². The summed E-state index contributed by atoms with van der Waals surface area (Å²) in [4.78, 5) is 20.4. The summed E-state index contributed by atoms with van der Waals surface area (Å²) < 4.78 is 19.9. The number of oxime groups is 1. The first kappa shape index (κ1) is 15.4. The second kappa shape index (κ2) is 6.19. The van der Waals surface area contributed by atoms with Crippen LogP contribution >= 0.6 is 0 Å². The molecule has 0 radical (unpaired) electrons. The van der Waals surface area contributed by atoms with Crippen LogP contribution < -0.4 is 11.4 Å². The van der Waals surface area contributed by atoms with Crippen LogP contribution in [-0.4, -0.2) is 39.2 Å². The van der Waals surface area contributed by atoms with E-state index in [0.717, 1.165) is 10.8 Å². The molecule has 0 spiro atoms. The summed E-state index contributed by atoms with van der Waals surface area (Å²) in [6.45, 7) is 3.20. The van der Waals surface area contributed by atoms with Crippen molar-refractivity contribution in [2.75, 3.05) is 12.3 Å². The highest BCUT2D eigenvalue weighted by Crippen LogP contribution is 2.30. The van der Waals surface area contributed by atoms with Crippen molar-refractivity contribution in [3.8, 4) is 0 Å². The van der Waals surface area contributed by atoms with Gasteiger partial charge in [0.1, 0.15) is 12.3 Å². The van der Waals surface area contributed by atoms with Crippen LogP contribution in [0.5, 0.6) is 0 Å². The van der Waals surface area contributed by atoms with Gasteiger partial charge in [-0.3, -0.25) is 4.57 Å². The molecule has 0 saturated carbocycles. The van der Waals surface area contributed by atoms with E-state index in [-0.39, 0.29) is 13.0 Å². The van der Waals surface area contributed by atoms with Gasteiger partial charge in [-0.15, -0.1) is 0 Å². The molecule has 8 nitrogen and oxygen atoms in total. The molecule has 1 aromatic heterocycles. The van der Waals surface area contributed by atoms with E-state index in [0.29, 0.717) is 5.71 Å². The average molecular weight is 300 g/mol. The molecular weight excluding hydrogens is 283 g/mol. The predicted molar refractivity (Wildman–Crippen MR) is 72.1 cm³/mol. The Hall–Kier alpha value is -2.00. The molecule has 2 rings (SSSR count). The number of nitrogen functional groups attached to an aromatic ring is 1.